The summed E-state index contributed by atoms with van der Waals surface area (Å²) in [4.78, 5) is 3.59. The van der Waals surface area contributed by atoms with E-state index in [0.717, 1.165) is 0 Å². The number of nitrogens with zero attached hydrogens (tertiary/aromatic N) is 1. The average Bonchev–Trinajstić information content (AvgIpc) is 1.85. The molecule has 0 radical (unpaired) electrons. The van der Waals surface area contributed by atoms with Crippen LogP contribution in [0.3, 0.4) is 0 Å². The van der Waals surface area contributed by atoms with Crippen molar-refractivity contribution in [1.82, 2.24) is 0 Å². The Balaban J connectivity index is 0. The van der Waals surface area contributed by atoms with Crippen LogP contribution in [0, 0.1) is 0 Å². The van der Waals surface area contributed by atoms with Gasteiger partial charge in [-0.3, -0.25) is 4.99 Å². The molecule has 0 aromatic heterocycles. The van der Waals surface area contributed by atoms with E-state index in [-0.39, 0.29) is 43.1 Å². The molecule has 5 nitrogen and oxygen atoms in total. The van der Waals surface area contributed by atoms with Crippen molar-refractivity contribution >= 4 is 29.9 Å². The van der Waals surface area contributed by atoms with Crippen molar-refractivity contribution in [2.45, 2.75) is 6.10 Å². The van der Waals surface area contributed by atoms with E-state index in [1.165, 1.54) is 7.11 Å². The first-order valence-electron chi connectivity index (χ1n) is 2.89. The Hall–Kier alpha value is -0.0800. The van der Waals surface area contributed by atoms with E-state index in [9.17, 15) is 0 Å². The molecule has 6 heteroatoms. The molecule has 0 fully saturated rings. The third-order valence-electron chi connectivity index (χ3n) is 0.844. The largest absolute Gasteiger partial charge is 0.389 e. The maximum atomic E-state index is 8.95. The van der Waals surface area contributed by atoms with Crippen molar-refractivity contribution < 1.29 is 9.84 Å². The van der Waals surface area contributed by atoms with Gasteiger partial charge in [-0.1, -0.05) is 0 Å². The van der Waals surface area contributed by atoms with Crippen LogP contribution in [-0.4, -0.2) is 37.4 Å². The lowest BCUT2D eigenvalue weighted by Crippen LogP contribution is -2.26. The lowest BCUT2D eigenvalue weighted by molar-refractivity contribution is 0.0705. The summed E-state index contributed by atoms with van der Waals surface area (Å²) in [5.74, 6) is -0.0184. The molecule has 0 rings (SSSR count). The molecule has 0 heterocycles. The molecule has 0 aromatic carbocycles. The van der Waals surface area contributed by atoms with Crippen molar-refractivity contribution in [3.05, 3.63) is 0 Å². The fourth-order valence-electron chi connectivity index (χ4n) is 0.456. The van der Waals surface area contributed by atoms with Crippen molar-refractivity contribution in [2.75, 3.05) is 20.3 Å². The van der Waals surface area contributed by atoms with Crippen LogP contribution in [0.4, 0.5) is 0 Å². The quantitative estimate of drug-likeness (QED) is 0.344. The minimum atomic E-state index is -0.618. The molecule has 0 aromatic rings. The third-order valence-corrected chi connectivity index (χ3v) is 0.844. The van der Waals surface area contributed by atoms with E-state index in [2.05, 4.69) is 9.73 Å². The summed E-state index contributed by atoms with van der Waals surface area (Å²) in [6, 6.07) is 0. The molecule has 5 N–H and O–H groups in total. The van der Waals surface area contributed by atoms with Crippen molar-refractivity contribution in [3.63, 3.8) is 0 Å². The predicted octanol–water partition coefficient (Wildman–Crippen LogP) is -1.11. The minimum absolute atomic E-state index is 0. The van der Waals surface area contributed by atoms with Gasteiger partial charge in [0, 0.05) is 7.11 Å². The van der Waals surface area contributed by atoms with Gasteiger partial charge in [0.25, 0.3) is 0 Å². The smallest absolute Gasteiger partial charge is 0.185 e. The van der Waals surface area contributed by atoms with Crippen molar-refractivity contribution in [3.8, 4) is 0 Å². The Labute approximate surface area is 82.8 Å². The molecule has 0 aliphatic rings. The number of aliphatic imine (C=N–C) groups is 1. The topological polar surface area (TPSA) is 93.9 Å². The van der Waals surface area contributed by atoms with Crippen LogP contribution in [0.2, 0.25) is 0 Å². The third kappa shape index (κ3) is 9.92. The van der Waals surface area contributed by atoms with Crippen molar-refractivity contribution in [1.29, 1.82) is 0 Å². The maximum absolute atomic E-state index is 8.95. The molecular formula is C5H14IN3O2. The van der Waals surface area contributed by atoms with Crippen LogP contribution >= 0.6 is 24.0 Å². The highest BCUT2D eigenvalue weighted by Crippen LogP contribution is 1.83. The normalized spacial score (nSPS) is 11.5. The molecule has 0 amide bonds. The van der Waals surface area contributed by atoms with Gasteiger partial charge in [0.1, 0.15) is 0 Å². The number of ether oxygens (including phenoxy) is 1. The zero-order chi connectivity index (χ0) is 7.98. The molecule has 0 bridgehead atoms. The Morgan fingerprint density at radius 2 is 2.18 bits per heavy atom. The molecule has 0 saturated carbocycles. The highest BCUT2D eigenvalue weighted by Gasteiger charge is 1.99. The zero-order valence-electron chi connectivity index (χ0n) is 6.36. The number of hydrogen-bond donors (Lipinski definition) is 3. The number of methoxy groups -OCH3 is 1. The van der Waals surface area contributed by atoms with Crippen LogP contribution in [0.5, 0.6) is 0 Å². The molecule has 0 saturated heterocycles. The summed E-state index contributed by atoms with van der Waals surface area (Å²) in [6.07, 6.45) is -0.618. The van der Waals surface area contributed by atoms with Gasteiger partial charge in [0.05, 0.1) is 19.3 Å². The van der Waals surface area contributed by atoms with Crippen molar-refractivity contribution in [2.24, 2.45) is 16.5 Å². The fourth-order valence-corrected chi connectivity index (χ4v) is 0.456. The Morgan fingerprint density at radius 1 is 1.64 bits per heavy atom. The van der Waals surface area contributed by atoms with Gasteiger partial charge in [0.15, 0.2) is 5.96 Å². The van der Waals surface area contributed by atoms with Crippen LogP contribution in [-0.2, 0) is 4.74 Å². The molecule has 0 aliphatic carbocycles. The second-order valence-electron chi connectivity index (χ2n) is 1.87. The second-order valence-corrected chi connectivity index (χ2v) is 1.87. The number of aliphatic hydroxyl groups is 1. The summed E-state index contributed by atoms with van der Waals surface area (Å²) in [6.45, 7) is 0.437. The standard InChI is InChI=1S/C5H13N3O2.HI/c1-10-3-4(9)2-8-5(6)7;/h4,9H,2-3H2,1H3,(H4,6,7,8);1H/t4-;/m0./s1. The zero-order valence-corrected chi connectivity index (χ0v) is 8.69. The Morgan fingerprint density at radius 3 is 2.55 bits per heavy atom. The molecule has 0 spiro atoms. The van der Waals surface area contributed by atoms with Crippen LogP contribution in [0.15, 0.2) is 4.99 Å². The molecule has 1 atom stereocenters. The van der Waals surface area contributed by atoms with Gasteiger partial charge in [0.2, 0.25) is 0 Å². The van der Waals surface area contributed by atoms with E-state index >= 15 is 0 Å². The van der Waals surface area contributed by atoms with Crippen LogP contribution in [0.1, 0.15) is 0 Å². The first kappa shape index (κ1) is 13.5. The number of nitrogens with two attached hydrogens (primary N) is 2. The maximum Gasteiger partial charge on any atom is 0.185 e. The Kier molecular flexibility index (Phi) is 9.85. The second kappa shape index (κ2) is 8.02. The van der Waals surface area contributed by atoms with E-state index in [1.54, 1.807) is 0 Å². The van der Waals surface area contributed by atoms with E-state index in [1.807, 2.05) is 0 Å². The van der Waals surface area contributed by atoms with Gasteiger partial charge in [-0.25, -0.2) is 0 Å². The fraction of sp³-hybridized carbons (Fsp3) is 0.800. The van der Waals surface area contributed by atoms with Gasteiger partial charge < -0.3 is 21.3 Å². The van der Waals surface area contributed by atoms with E-state index in [0.29, 0.717) is 0 Å². The monoisotopic (exact) mass is 275 g/mol. The summed E-state index contributed by atoms with van der Waals surface area (Å²) in [5, 5.41) is 8.95. The highest BCUT2D eigenvalue weighted by molar-refractivity contribution is 14.0. The highest BCUT2D eigenvalue weighted by atomic mass is 127. The number of guanidine groups is 1. The predicted molar refractivity (Wildman–Crippen MR) is 54.0 cm³/mol. The number of rotatable bonds is 4. The van der Waals surface area contributed by atoms with Gasteiger partial charge in [-0.15, -0.1) is 24.0 Å². The van der Waals surface area contributed by atoms with Gasteiger partial charge >= 0.3 is 0 Å². The first-order chi connectivity index (χ1) is 4.66. The Bertz CT molecular complexity index is 116. The summed E-state index contributed by atoms with van der Waals surface area (Å²) < 4.78 is 4.64. The lowest BCUT2D eigenvalue weighted by Gasteiger charge is -2.04. The molecular weight excluding hydrogens is 261 g/mol. The summed E-state index contributed by atoms with van der Waals surface area (Å²) in [7, 11) is 1.50. The van der Waals surface area contributed by atoms with E-state index < -0.39 is 6.10 Å². The molecule has 0 unspecified atom stereocenters. The number of aliphatic hydroxyl groups excluding tert-OH is 1. The lowest BCUT2D eigenvalue weighted by atomic mass is 10.4. The molecule has 0 aliphatic heterocycles. The number of halogens is 1. The average molecular weight is 275 g/mol. The van der Waals surface area contributed by atoms with Crippen LogP contribution < -0.4 is 11.5 Å². The van der Waals surface area contributed by atoms with Gasteiger partial charge in [-0.2, -0.15) is 0 Å². The first-order valence-corrected chi connectivity index (χ1v) is 2.89. The summed E-state index contributed by atoms with van der Waals surface area (Å²) >= 11 is 0. The summed E-state index contributed by atoms with van der Waals surface area (Å²) in [5.41, 5.74) is 10.0. The SMILES string of the molecule is COC[C@@H](O)CN=C(N)N.I. The van der Waals surface area contributed by atoms with Crippen LogP contribution in [0.25, 0.3) is 0 Å². The molecule has 11 heavy (non-hydrogen) atoms. The molecule has 68 valence electrons. The minimum Gasteiger partial charge on any atom is -0.389 e. The number of hydrogen-bond acceptors (Lipinski definition) is 3. The van der Waals surface area contributed by atoms with E-state index in [4.69, 9.17) is 16.6 Å². The van der Waals surface area contributed by atoms with Gasteiger partial charge in [-0.05, 0) is 0 Å².